The Morgan fingerprint density at radius 3 is 2.27 bits per heavy atom. The summed E-state index contributed by atoms with van der Waals surface area (Å²) >= 11 is 0. The Balaban J connectivity index is 1.65. The Hall–Kier alpha value is -3.90. The summed E-state index contributed by atoms with van der Waals surface area (Å²) in [6.07, 6.45) is -3.17. The number of alkyl halides is 3. The van der Waals surface area contributed by atoms with Gasteiger partial charge in [-0.3, -0.25) is 28.9 Å². The molecular weight excluding hydrogens is 583 g/mol. The van der Waals surface area contributed by atoms with Crippen LogP contribution in [0.3, 0.4) is 0 Å². The number of hydrogen-bond acceptors (Lipinski definition) is 8. The van der Waals surface area contributed by atoms with Crippen LogP contribution in [0, 0.1) is 23.7 Å². The van der Waals surface area contributed by atoms with E-state index in [1.54, 1.807) is 6.07 Å². The summed E-state index contributed by atoms with van der Waals surface area (Å²) in [7, 11) is 2.94. The molecule has 44 heavy (non-hydrogen) atoms. The van der Waals surface area contributed by atoms with Gasteiger partial charge in [-0.25, -0.2) is 0 Å². The molecule has 0 radical (unpaired) electrons. The van der Waals surface area contributed by atoms with E-state index in [-0.39, 0.29) is 30.8 Å². The number of carbonyl (C=O) groups excluding carboxylic acids is 4. The zero-order valence-corrected chi connectivity index (χ0v) is 24.3. The fourth-order valence-corrected chi connectivity index (χ4v) is 7.11. The molecule has 6 unspecified atom stereocenters. The Morgan fingerprint density at radius 1 is 1.05 bits per heavy atom. The first-order valence-electron chi connectivity index (χ1n) is 14.4. The molecule has 2 aromatic rings. The number of unbranched alkanes of at least 4 members (excludes halogenated alkanes) is 1. The smallest absolute Gasteiger partial charge is 0.416 e. The molecule has 2 aromatic carbocycles. The molecule has 0 aromatic heterocycles. The molecule has 2 N–H and O–H groups in total. The number of hydrogen-bond donors (Lipinski definition) is 2. The van der Waals surface area contributed by atoms with E-state index in [1.165, 1.54) is 37.2 Å². The van der Waals surface area contributed by atoms with Crippen molar-refractivity contribution < 1.29 is 52.1 Å². The van der Waals surface area contributed by atoms with E-state index >= 15 is 0 Å². The largest absolute Gasteiger partial charge is 0.493 e. The molecule has 2 fully saturated rings. The van der Waals surface area contributed by atoms with E-state index in [0.717, 1.165) is 18.6 Å². The van der Waals surface area contributed by atoms with E-state index in [1.807, 2.05) is 6.92 Å². The molecule has 0 aliphatic heterocycles. The first-order valence-corrected chi connectivity index (χ1v) is 14.4. The van der Waals surface area contributed by atoms with Gasteiger partial charge in [-0.15, -0.1) is 0 Å². The van der Waals surface area contributed by atoms with Crippen LogP contribution in [0.5, 0.6) is 5.75 Å². The van der Waals surface area contributed by atoms with Gasteiger partial charge in [0, 0.05) is 5.92 Å². The van der Waals surface area contributed by atoms with Gasteiger partial charge in [0.2, 0.25) is 0 Å². The molecule has 0 spiro atoms. The maximum atomic E-state index is 14.2. The normalized spacial score (nSPS) is 28.4. The van der Waals surface area contributed by atoms with Crippen LogP contribution >= 0.6 is 0 Å². The predicted octanol–water partition coefficient (Wildman–Crippen LogP) is 3.63. The number of likely N-dealkylation sites (N-methyl/N-ethyl adjacent to an activating group) is 1. The standard InChI is InChI=1S/C32H32F3NO8/c1-4-5-12-44-21-11-10-18(15-6-8-17(9-7-15)32(33,34)35)19-13-16-14-20-25(36(2)3)27(38)24(30(41)42)29(40)31(20,43)28(39)22(16)26(37)23(19)21/h6-11,16,20,22,24-25,43H,4-5,12-14H2,1-3H3,(H,41,42). The van der Waals surface area contributed by atoms with E-state index < -0.39 is 76.2 Å². The lowest BCUT2D eigenvalue weighted by molar-refractivity contribution is -0.183. The SMILES string of the molecule is CCCCOc1ccc(-c2ccc(C(F)(F)F)cc2)c2c1C(=O)C1C(=O)C3(O)C(=O)C(C(=O)O)C(=O)C(N(C)C)C3CC1C2. The molecule has 3 aliphatic rings. The molecule has 2 saturated carbocycles. The monoisotopic (exact) mass is 615 g/mol. The number of ether oxygens (including phenoxy) is 1. The average molecular weight is 616 g/mol. The second-order valence-electron chi connectivity index (χ2n) is 12.0. The van der Waals surface area contributed by atoms with Gasteiger partial charge in [0.15, 0.2) is 34.7 Å². The van der Waals surface area contributed by atoms with Gasteiger partial charge in [0.05, 0.1) is 29.7 Å². The van der Waals surface area contributed by atoms with Crippen LogP contribution in [0.2, 0.25) is 0 Å². The molecule has 0 saturated heterocycles. The van der Waals surface area contributed by atoms with Crippen LogP contribution in [-0.2, 0) is 31.8 Å². The number of fused-ring (bicyclic) bond motifs is 3. The lowest BCUT2D eigenvalue weighted by Gasteiger charge is -2.52. The number of rotatable bonds is 7. The number of benzene rings is 2. The van der Waals surface area contributed by atoms with Crippen molar-refractivity contribution in [2.45, 2.75) is 50.4 Å². The van der Waals surface area contributed by atoms with Gasteiger partial charge in [0.25, 0.3) is 0 Å². The second-order valence-corrected chi connectivity index (χ2v) is 12.0. The third kappa shape index (κ3) is 4.84. The molecule has 0 heterocycles. The minimum Gasteiger partial charge on any atom is -0.493 e. The highest BCUT2D eigenvalue weighted by Gasteiger charge is 2.69. The van der Waals surface area contributed by atoms with Crippen molar-refractivity contribution in [1.29, 1.82) is 0 Å². The van der Waals surface area contributed by atoms with E-state index in [9.17, 15) is 47.4 Å². The van der Waals surface area contributed by atoms with Gasteiger partial charge in [0.1, 0.15) is 5.75 Å². The number of Topliss-reactive ketones (excluding diaryl/α,β-unsaturated/α-hetero) is 4. The molecule has 9 nitrogen and oxygen atoms in total. The second kappa shape index (κ2) is 11.2. The van der Waals surface area contributed by atoms with Crippen molar-refractivity contribution in [1.82, 2.24) is 4.90 Å². The number of ketones is 4. The number of nitrogens with zero attached hydrogens (tertiary/aromatic N) is 1. The van der Waals surface area contributed by atoms with Gasteiger partial charge in [-0.1, -0.05) is 31.5 Å². The summed E-state index contributed by atoms with van der Waals surface area (Å²) < 4.78 is 45.7. The third-order valence-electron chi connectivity index (χ3n) is 9.17. The number of aliphatic carboxylic acids is 1. The van der Waals surface area contributed by atoms with Crippen LogP contribution in [0.25, 0.3) is 11.1 Å². The highest BCUT2D eigenvalue weighted by molar-refractivity contribution is 6.31. The Labute approximate surface area is 251 Å². The van der Waals surface area contributed by atoms with Gasteiger partial charge in [-0.2, -0.15) is 13.2 Å². The minimum atomic E-state index is -4.55. The predicted molar refractivity (Wildman–Crippen MR) is 149 cm³/mol. The topological polar surface area (TPSA) is 138 Å². The molecule has 0 bridgehead atoms. The summed E-state index contributed by atoms with van der Waals surface area (Å²) in [5.74, 6) is -11.8. The van der Waals surface area contributed by atoms with Gasteiger partial charge >= 0.3 is 12.1 Å². The van der Waals surface area contributed by atoms with Crippen molar-refractivity contribution in [3.05, 3.63) is 53.1 Å². The van der Waals surface area contributed by atoms with Crippen molar-refractivity contribution in [2.75, 3.05) is 20.7 Å². The molecule has 6 atom stereocenters. The fourth-order valence-electron chi connectivity index (χ4n) is 7.11. The highest BCUT2D eigenvalue weighted by Crippen LogP contribution is 2.52. The lowest BCUT2D eigenvalue weighted by Crippen LogP contribution is -2.73. The molecule has 12 heteroatoms. The van der Waals surface area contributed by atoms with Gasteiger partial charge < -0.3 is 14.9 Å². The lowest BCUT2D eigenvalue weighted by atomic mass is 9.52. The number of halogens is 3. The quantitative estimate of drug-likeness (QED) is 0.353. The van der Waals surface area contributed by atoms with Crippen LogP contribution in [0.15, 0.2) is 36.4 Å². The zero-order chi connectivity index (χ0) is 32.3. The summed E-state index contributed by atoms with van der Waals surface area (Å²) in [6, 6.07) is 6.32. The third-order valence-corrected chi connectivity index (χ3v) is 9.17. The van der Waals surface area contributed by atoms with Crippen molar-refractivity contribution in [3.63, 3.8) is 0 Å². The van der Waals surface area contributed by atoms with Crippen LogP contribution in [-0.4, -0.2) is 76.6 Å². The Morgan fingerprint density at radius 2 is 1.70 bits per heavy atom. The summed E-state index contributed by atoms with van der Waals surface area (Å²) in [5.41, 5.74) is -2.38. The number of carboxylic acid groups (broad SMARTS) is 1. The van der Waals surface area contributed by atoms with Crippen LogP contribution < -0.4 is 4.74 Å². The fraction of sp³-hybridized carbons (Fsp3) is 0.469. The molecule has 234 valence electrons. The number of aliphatic hydroxyl groups is 1. The average Bonchev–Trinajstić information content (AvgIpc) is 2.94. The van der Waals surface area contributed by atoms with Crippen LogP contribution in [0.1, 0.15) is 47.7 Å². The molecular formula is C32H32F3NO8. The number of carboxylic acids is 1. The highest BCUT2D eigenvalue weighted by atomic mass is 19.4. The number of carbonyl (C=O) groups is 5. The first kappa shape index (κ1) is 31.5. The van der Waals surface area contributed by atoms with Crippen molar-refractivity contribution in [3.8, 4) is 16.9 Å². The van der Waals surface area contributed by atoms with Crippen LogP contribution in [0.4, 0.5) is 13.2 Å². The summed E-state index contributed by atoms with van der Waals surface area (Å²) in [4.78, 5) is 68.3. The van der Waals surface area contributed by atoms with E-state index in [2.05, 4.69) is 0 Å². The minimum absolute atomic E-state index is 0.0356. The Kier molecular flexibility index (Phi) is 8.04. The summed E-state index contributed by atoms with van der Waals surface area (Å²) in [6.45, 7) is 2.19. The van der Waals surface area contributed by atoms with Gasteiger partial charge in [-0.05, 0) is 74.2 Å². The summed E-state index contributed by atoms with van der Waals surface area (Å²) in [5, 5.41) is 21.4. The molecule has 0 amide bonds. The van der Waals surface area contributed by atoms with E-state index in [0.29, 0.717) is 23.1 Å². The molecule has 3 aliphatic carbocycles. The first-order chi connectivity index (χ1) is 20.6. The molecule has 5 rings (SSSR count). The van der Waals surface area contributed by atoms with Crippen molar-refractivity contribution in [2.24, 2.45) is 23.7 Å². The Bertz CT molecular complexity index is 1550. The maximum absolute atomic E-state index is 14.2. The van der Waals surface area contributed by atoms with E-state index in [4.69, 9.17) is 4.74 Å². The maximum Gasteiger partial charge on any atom is 0.416 e. The zero-order valence-electron chi connectivity index (χ0n) is 24.3. The van der Waals surface area contributed by atoms with Crippen molar-refractivity contribution >= 4 is 29.1 Å².